The minimum atomic E-state index is -0.907. The highest BCUT2D eigenvalue weighted by molar-refractivity contribution is 5.20. The Morgan fingerprint density at radius 1 is 1.35 bits per heavy atom. The zero-order chi connectivity index (χ0) is 12.4. The van der Waals surface area contributed by atoms with Gasteiger partial charge in [-0.05, 0) is 17.7 Å². The second-order valence-electron chi connectivity index (χ2n) is 3.93. The van der Waals surface area contributed by atoms with Crippen molar-refractivity contribution in [3.05, 3.63) is 53.6 Å². The number of aryl methyl sites for hydroxylation is 1. The van der Waals surface area contributed by atoms with Crippen LogP contribution in [0.3, 0.4) is 0 Å². The lowest BCUT2D eigenvalue weighted by Crippen LogP contribution is -2.03. The Hall–Kier alpha value is -1.75. The molecule has 0 amide bonds. The van der Waals surface area contributed by atoms with Gasteiger partial charge in [-0.25, -0.2) is 13.8 Å². The summed E-state index contributed by atoms with van der Waals surface area (Å²) >= 11 is 0. The molecule has 1 heterocycles. The van der Waals surface area contributed by atoms with E-state index in [-0.39, 0.29) is 6.42 Å². The number of benzene rings is 1. The van der Waals surface area contributed by atoms with Crippen molar-refractivity contribution in [3.63, 3.8) is 0 Å². The summed E-state index contributed by atoms with van der Waals surface area (Å²) in [4.78, 5) is 4.00. The number of hydrogen-bond acceptors (Lipinski definition) is 2. The van der Waals surface area contributed by atoms with Crippen LogP contribution in [0.15, 0.2) is 30.7 Å². The lowest BCUT2D eigenvalue weighted by Gasteiger charge is -2.08. The van der Waals surface area contributed by atoms with Crippen LogP contribution in [0.25, 0.3) is 0 Å². The molecule has 0 bridgehead atoms. The van der Waals surface area contributed by atoms with Gasteiger partial charge < -0.3 is 9.67 Å². The Morgan fingerprint density at radius 2 is 2.12 bits per heavy atom. The summed E-state index contributed by atoms with van der Waals surface area (Å²) in [5, 5.41) is 9.86. The standard InChI is InChI=1S/C12H12F2N2O/c1-16-6-11(15-7-16)12(17)5-8-2-3-9(13)10(14)4-8/h2-4,6-7,12,17H,5H2,1H3. The van der Waals surface area contributed by atoms with Crippen molar-refractivity contribution in [1.82, 2.24) is 9.55 Å². The molecular formula is C12H12F2N2O. The van der Waals surface area contributed by atoms with Crippen LogP contribution in [-0.2, 0) is 13.5 Å². The normalized spacial score (nSPS) is 12.7. The number of aromatic nitrogens is 2. The Bertz CT molecular complexity index is 525. The molecule has 1 aromatic heterocycles. The Labute approximate surface area is 97.3 Å². The fraction of sp³-hybridized carbons (Fsp3) is 0.250. The molecular weight excluding hydrogens is 226 g/mol. The van der Waals surface area contributed by atoms with Gasteiger partial charge in [0.05, 0.1) is 12.0 Å². The molecule has 2 rings (SSSR count). The Morgan fingerprint density at radius 3 is 2.71 bits per heavy atom. The van der Waals surface area contributed by atoms with E-state index >= 15 is 0 Å². The number of nitrogens with zero attached hydrogens (tertiary/aromatic N) is 2. The van der Waals surface area contributed by atoms with Gasteiger partial charge in [-0.2, -0.15) is 0 Å². The maximum Gasteiger partial charge on any atom is 0.159 e. The number of halogens is 2. The fourth-order valence-corrected chi connectivity index (χ4v) is 1.60. The van der Waals surface area contributed by atoms with E-state index in [1.54, 1.807) is 24.1 Å². The van der Waals surface area contributed by atoms with Crippen LogP contribution in [-0.4, -0.2) is 14.7 Å². The third-order valence-corrected chi connectivity index (χ3v) is 2.48. The van der Waals surface area contributed by atoms with Crippen molar-refractivity contribution in [3.8, 4) is 0 Å². The molecule has 2 aromatic rings. The van der Waals surface area contributed by atoms with Gasteiger partial charge in [0.25, 0.3) is 0 Å². The lowest BCUT2D eigenvalue weighted by atomic mass is 10.1. The highest BCUT2D eigenvalue weighted by atomic mass is 19.2. The van der Waals surface area contributed by atoms with E-state index in [4.69, 9.17) is 0 Å². The van der Waals surface area contributed by atoms with Gasteiger partial charge in [-0.1, -0.05) is 6.07 Å². The third-order valence-electron chi connectivity index (χ3n) is 2.48. The average molecular weight is 238 g/mol. The molecule has 0 fully saturated rings. The summed E-state index contributed by atoms with van der Waals surface area (Å²) < 4.78 is 27.4. The van der Waals surface area contributed by atoms with E-state index in [9.17, 15) is 13.9 Å². The van der Waals surface area contributed by atoms with E-state index in [1.807, 2.05) is 0 Å². The van der Waals surface area contributed by atoms with Crippen molar-refractivity contribution in [2.75, 3.05) is 0 Å². The van der Waals surface area contributed by atoms with Crippen LogP contribution in [0.2, 0.25) is 0 Å². The maximum atomic E-state index is 13.0. The lowest BCUT2D eigenvalue weighted by molar-refractivity contribution is 0.174. The summed E-state index contributed by atoms with van der Waals surface area (Å²) in [6.07, 6.45) is 2.64. The number of rotatable bonds is 3. The van der Waals surface area contributed by atoms with Gasteiger partial charge >= 0.3 is 0 Å². The van der Waals surface area contributed by atoms with Gasteiger partial charge in [0.2, 0.25) is 0 Å². The van der Waals surface area contributed by atoms with Crippen LogP contribution in [0.5, 0.6) is 0 Å². The Balaban J connectivity index is 2.12. The molecule has 1 unspecified atom stereocenters. The Kier molecular flexibility index (Phi) is 3.19. The van der Waals surface area contributed by atoms with E-state index in [0.29, 0.717) is 11.3 Å². The summed E-state index contributed by atoms with van der Waals surface area (Å²) in [5.74, 6) is -1.79. The number of aliphatic hydroxyl groups is 1. The minimum absolute atomic E-state index is 0.203. The first kappa shape index (κ1) is 11.7. The second-order valence-corrected chi connectivity index (χ2v) is 3.93. The third kappa shape index (κ3) is 2.68. The molecule has 0 aliphatic heterocycles. The van der Waals surface area contributed by atoms with E-state index in [0.717, 1.165) is 12.1 Å². The summed E-state index contributed by atoms with van der Waals surface area (Å²) in [7, 11) is 1.79. The first-order valence-corrected chi connectivity index (χ1v) is 5.16. The quantitative estimate of drug-likeness (QED) is 0.887. The first-order valence-electron chi connectivity index (χ1n) is 5.16. The zero-order valence-electron chi connectivity index (χ0n) is 9.27. The van der Waals surface area contributed by atoms with E-state index in [1.165, 1.54) is 6.07 Å². The van der Waals surface area contributed by atoms with Crippen LogP contribution < -0.4 is 0 Å². The maximum absolute atomic E-state index is 13.0. The molecule has 0 saturated heterocycles. The van der Waals surface area contributed by atoms with Crippen molar-refractivity contribution in [1.29, 1.82) is 0 Å². The molecule has 1 aromatic carbocycles. The van der Waals surface area contributed by atoms with Crippen molar-refractivity contribution < 1.29 is 13.9 Å². The summed E-state index contributed by atoms with van der Waals surface area (Å²) in [6.45, 7) is 0. The molecule has 0 aliphatic rings. The predicted molar refractivity (Wildman–Crippen MR) is 58.2 cm³/mol. The van der Waals surface area contributed by atoms with Crippen molar-refractivity contribution in [2.24, 2.45) is 7.05 Å². The molecule has 0 aliphatic carbocycles. The molecule has 1 N–H and O–H groups in total. The van der Waals surface area contributed by atoms with Crippen LogP contribution >= 0.6 is 0 Å². The molecule has 0 spiro atoms. The van der Waals surface area contributed by atoms with Gasteiger partial charge in [0.15, 0.2) is 11.6 Å². The molecule has 3 nitrogen and oxygen atoms in total. The van der Waals surface area contributed by atoms with Gasteiger partial charge in [-0.15, -0.1) is 0 Å². The number of imidazole rings is 1. The molecule has 0 saturated carbocycles. The molecule has 0 radical (unpaired) electrons. The largest absolute Gasteiger partial charge is 0.386 e. The van der Waals surface area contributed by atoms with Gasteiger partial charge in [-0.3, -0.25) is 0 Å². The van der Waals surface area contributed by atoms with Crippen molar-refractivity contribution in [2.45, 2.75) is 12.5 Å². The average Bonchev–Trinajstić information content (AvgIpc) is 2.70. The highest BCUT2D eigenvalue weighted by Crippen LogP contribution is 2.18. The molecule has 17 heavy (non-hydrogen) atoms. The second kappa shape index (κ2) is 4.63. The molecule has 90 valence electrons. The smallest absolute Gasteiger partial charge is 0.159 e. The molecule has 5 heteroatoms. The SMILES string of the molecule is Cn1cnc(C(O)Cc2ccc(F)c(F)c2)c1. The summed E-state index contributed by atoms with van der Waals surface area (Å²) in [5.41, 5.74) is 1.04. The number of aliphatic hydroxyl groups excluding tert-OH is 1. The van der Waals surface area contributed by atoms with Crippen LogP contribution in [0.4, 0.5) is 8.78 Å². The van der Waals surface area contributed by atoms with Crippen LogP contribution in [0.1, 0.15) is 17.4 Å². The van der Waals surface area contributed by atoms with Crippen LogP contribution in [0, 0.1) is 11.6 Å². The highest BCUT2D eigenvalue weighted by Gasteiger charge is 2.12. The van der Waals surface area contributed by atoms with E-state index in [2.05, 4.69) is 4.98 Å². The first-order chi connectivity index (χ1) is 8.06. The number of hydrogen-bond donors (Lipinski definition) is 1. The summed E-state index contributed by atoms with van der Waals surface area (Å²) in [6, 6.07) is 3.59. The van der Waals surface area contributed by atoms with E-state index < -0.39 is 17.7 Å². The molecule has 1 atom stereocenters. The fourth-order valence-electron chi connectivity index (χ4n) is 1.60. The zero-order valence-corrected chi connectivity index (χ0v) is 9.27. The minimum Gasteiger partial charge on any atom is -0.386 e. The van der Waals surface area contributed by atoms with Gasteiger partial charge in [0, 0.05) is 19.7 Å². The predicted octanol–water partition coefficient (Wildman–Crippen LogP) is 1.97. The monoisotopic (exact) mass is 238 g/mol. The van der Waals surface area contributed by atoms with Gasteiger partial charge in [0.1, 0.15) is 6.10 Å². The topological polar surface area (TPSA) is 38.0 Å². The van der Waals surface area contributed by atoms with Crippen molar-refractivity contribution >= 4 is 0 Å².